The molecule has 0 fully saturated rings. The summed E-state index contributed by atoms with van der Waals surface area (Å²) in [5, 5.41) is 2.81. The number of rotatable bonds is 6. The fourth-order valence-corrected chi connectivity index (χ4v) is 2.88. The summed E-state index contributed by atoms with van der Waals surface area (Å²) in [6.07, 6.45) is 0. The number of esters is 1. The highest BCUT2D eigenvalue weighted by atomic mass is 16.5. The predicted molar refractivity (Wildman–Crippen MR) is 121 cm³/mol. The second kappa shape index (κ2) is 9.39. The third kappa shape index (κ3) is 5.66. The molecular weight excluding hydrogens is 390 g/mol. The molecule has 3 rings (SSSR count). The van der Waals surface area contributed by atoms with Crippen molar-refractivity contribution in [2.45, 2.75) is 20.8 Å². The minimum Gasteiger partial charge on any atom is -0.454 e. The summed E-state index contributed by atoms with van der Waals surface area (Å²) in [5.74, 6) is -0.987. The largest absolute Gasteiger partial charge is 0.454 e. The zero-order valence-electron chi connectivity index (χ0n) is 17.8. The SMILES string of the molecule is CC(C)(C)C(=O)Nc1ccc(C(=O)COC(=O)c2ccccc2-c2ccccc2)cc1. The van der Waals surface area contributed by atoms with Crippen LogP contribution in [0.1, 0.15) is 41.5 Å². The standard InChI is InChI=1S/C26H25NO4/c1-26(2,3)25(30)27-20-15-13-19(14-16-20)23(28)17-31-24(29)22-12-8-7-11-21(22)18-9-5-4-6-10-18/h4-16H,17H2,1-3H3,(H,27,30). The molecule has 5 nitrogen and oxygen atoms in total. The molecule has 3 aromatic carbocycles. The number of hydrogen-bond donors (Lipinski definition) is 1. The van der Waals surface area contributed by atoms with Gasteiger partial charge in [0, 0.05) is 16.7 Å². The Kier molecular flexibility index (Phi) is 6.65. The molecular formula is C26H25NO4. The van der Waals surface area contributed by atoms with Crippen LogP contribution in [0.3, 0.4) is 0 Å². The molecule has 0 unspecified atom stereocenters. The quantitative estimate of drug-likeness (QED) is 0.433. The van der Waals surface area contributed by atoms with E-state index in [2.05, 4.69) is 5.32 Å². The van der Waals surface area contributed by atoms with Gasteiger partial charge in [0.15, 0.2) is 12.4 Å². The molecule has 0 aromatic heterocycles. The molecule has 0 atom stereocenters. The van der Waals surface area contributed by atoms with Crippen molar-refractivity contribution in [3.63, 3.8) is 0 Å². The molecule has 0 saturated heterocycles. The van der Waals surface area contributed by atoms with E-state index < -0.39 is 11.4 Å². The van der Waals surface area contributed by atoms with Crippen molar-refractivity contribution in [3.8, 4) is 11.1 Å². The van der Waals surface area contributed by atoms with Crippen LogP contribution in [0.5, 0.6) is 0 Å². The van der Waals surface area contributed by atoms with Gasteiger partial charge >= 0.3 is 5.97 Å². The Morgan fingerprint density at radius 2 is 1.42 bits per heavy atom. The van der Waals surface area contributed by atoms with Crippen molar-refractivity contribution in [1.82, 2.24) is 0 Å². The summed E-state index contributed by atoms with van der Waals surface area (Å²) in [7, 11) is 0. The number of anilines is 1. The monoisotopic (exact) mass is 415 g/mol. The molecule has 1 amide bonds. The fourth-order valence-electron chi connectivity index (χ4n) is 2.88. The lowest BCUT2D eigenvalue weighted by atomic mass is 9.95. The third-order valence-corrected chi connectivity index (χ3v) is 4.71. The number of carbonyl (C=O) groups is 3. The maximum Gasteiger partial charge on any atom is 0.339 e. The van der Waals surface area contributed by atoms with Gasteiger partial charge in [-0.05, 0) is 41.5 Å². The summed E-state index contributed by atoms with van der Waals surface area (Å²) >= 11 is 0. The van der Waals surface area contributed by atoms with Crippen molar-refractivity contribution in [2.24, 2.45) is 5.41 Å². The molecule has 0 aliphatic rings. The van der Waals surface area contributed by atoms with Crippen LogP contribution in [0.15, 0.2) is 78.9 Å². The van der Waals surface area contributed by atoms with E-state index in [9.17, 15) is 14.4 Å². The zero-order valence-corrected chi connectivity index (χ0v) is 17.8. The minimum absolute atomic E-state index is 0.113. The molecule has 0 bridgehead atoms. The van der Waals surface area contributed by atoms with E-state index in [1.165, 1.54) is 0 Å². The summed E-state index contributed by atoms with van der Waals surface area (Å²) in [4.78, 5) is 37.1. The number of amides is 1. The van der Waals surface area contributed by atoms with E-state index in [0.717, 1.165) is 11.1 Å². The second-order valence-electron chi connectivity index (χ2n) is 8.19. The third-order valence-electron chi connectivity index (χ3n) is 4.71. The number of benzene rings is 3. The number of hydrogen-bond acceptors (Lipinski definition) is 4. The van der Waals surface area contributed by atoms with Crippen molar-refractivity contribution in [2.75, 3.05) is 11.9 Å². The number of Topliss-reactive ketones (excluding diaryl/α,β-unsaturated/α-hetero) is 1. The topological polar surface area (TPSA) is 72.5 Å². The number of nitrogens with one attached hydrogen (secondary N) is 1. The maximum absolute atomic E-state index is 12.6. The second-order valence-corrected chi connectivity index (χ2v) is 8.19. The Balaban J connectivity index is 1.64. The van der Waals surface area contributed by atoms with Gasteiger partial charge in [-0.25, -0.2) is 4.79 Å². The molecule has 1 N–H and O–H groups in total. The molecule has 3 aromatic rings. The number of ketones is 1. The lowest BCUT2D eigenvalue weighted by Crippen LogP contribution is -2.27. The van der Waals surface area contributed by atoms with Gasteiger partial charge in [-0.15, -0.1) is 0 Å². The molecule has 0 spiro atoms. The first kappa shape index (κ1) is 22.0. The minimum atomic E-state index is -0.554. The van der Waals surface area contributed by atoms with Crippen molar-refractivity contribution in [3.05, 3.63) is 90.0 Å². The first-order valence-electron chi connectivity index (χ1n) is 10.0. The van der Waals surface area contributed by atoms with Gasteiger partial charge < -0.3 is 10.1 Å². The highest BCUT2D eigenvalue weighted by molar-refractivity contribution is 6.02. The summed E-state index contributed by atoms with van der Waals surface area (Å²) < 4.78 is 5.29. The van der Waals surface area contributed by atoms with Crippen molar-refractivity contribution < 1.29 is 19.1 Å². The van der Waals surface area contributed by atoms with Crippen molar-refractivity contribution in [1.29, 1.82) is 0 Å². The lowest BCUT2D eigenvalue weighted by Gasteiger charge is -2.17. The van der Waals surface area contributed by atoms with Gasteiger partial charge in [-0.2, -0.15) is 0 Å². The van der Waals surface area contributed by atoms with Crippen LogP contribution in [-0.4, -0.2) is 24.3 Å². The molecule has 31 heavy (non-hydrogen) atoms. The van der Waals surface area contributed by atoms with Crippen LogP contribution >= 0.6 is 0 Å². The van der Waals surface area contributed by atoms with Gasteiger partial charge in [-0.3, -0.25) is 9.59 Å². The normalized spacial score (nSPS) is 10.9. The number of carbonyl (C=O) groups excluding carboxylic acids is 3. The van der Waals surface area contributed by atoms with Gasteiger partial charge in [0.2, 0.25) is 5.91 Å². The highest BCUT2D eigenvalue weighted by Crippen LogP contribution is 2.24. The van der Waals surface area contributed by atoms with E-state index in [1.807, 2.05) is 63.2 Å². The van der Waals surface area contributed by atoms with Gasteiger partial charge in [0.1, 0.15) is 0 Å². The van der Waals surface area contributed by atoms with Crippen LogP contribution < -0.4 is 5.32 Å². The van der Waals surface area contributed by atoms with Gasteiger partial charge in [-0.1, -0.05) is 69.3 Å². The molecule has 0 heterocycles. The average molecular weight is 415 g/mol. The first-order chi connectivity index (χ1) is 14.8. The summed E-state index contributed by atoms with van der Waals surface area (Å²) in [6.45, 7) is 5.11. The molecule has 0 saturated carbocycles. The Morgan fingerprint density at radius 3 is 2.06 bits per heavy atom. The van der Waals surface area contributed by atoms with Crippen LogP contribution in [0, 0.1) is 5.41 Å². The van der Waals surface area contributed by atoms with E-state index in [1.54, 1.807) is 36.4 Å². The van der Waals surface area contributed by atoms with Gasteiger partial charge in [0.25, 0.3) is 0 Å². The average Bonchev–Trinajstić information content (AvgIpc) is 2.77. The number of ether oxygens (including phenoxy) is 1. The van der Waals surface area contributed by atoms with E-state index in [-0.39, 0.29) is 18.3 Å². The van der Waals surface area contributed by atoms with E-state index in [4.69, 9.17) is 4.74 Å². The Labute approximate surface area is 182 Å². The Morgan fingerprint density at radius 1 is 0.806 bits per heavy atom. The lowest BCUT2D eigenvalue weighted by molar-refractivity contribution is -0.123. The fraction of sp³-hybridized carbons (Fsp3) is 0.192. The van der Waals surface area contributed by atoms with Crippen molar-refractivity contribution >= 4 is 23.3 Å². The maximum atomic E-state index is 12.6. The van der Waals surface area contributed by atoms with Crippen LogP contribution in [0.2, 0.25) is 0 Å². The summed E-state index contributed by atoms with van der Waals surface area (Å²) in [5.41, 5.74) is 2.54. The molecule has 0 aliphatic heterocycles. The smallest absolute Gasteiger partial charge is 0.339 e. The van der Waals surface area contributed by atoms with Gasteiger partial charge in [0.05, 0.1) is 5.56 Å². The van der Waals surface area contributed by atoms with E-state index >= 15 is 0 Å². The molecule has 158 valence electrons. The van der Waals surface area contributed by atoms with E-state index in [0.29, 0.717) is 16.8 Å². The molecule has 5 heteroatoms. The first-order valence-corrected chi connectivity index (χ1v) is 10.0. The molecule has 0 aliphatic carbocycles. The highest BCUT2D eigenvalue weighted by Gasteiger charge is 2.21. The molecule has 0 radical (unpaired) electrons. The van der Waals surface area contributed by atoms with Crippen LogP contribution in [0.25, 0.3) is 11.1 Å². The Bertz CT molecular complexity index is 1080. The Hall–Kier alpha value is -3.73. The van der Waals surface area contributed by atoms with Crippen LogP contribution in [0.4, 0.5) is 5.69 Å². The zero-order chi connectivity index (χ0) is 22.4. The summed E-state index contributed by atoms with van der Waals surface area (Å²) in [6, 6.07) is 23.2. The predicted octanol–water partition coefficient (Wildman–Crippen LogP) is 5.38. The van der Waals surface area contributed by atoms with Crippen LogP contribution in [-0.2, 0) is 9.53 Å².